The lowest BCUT2D eigenvalue weighted by molar-refractivity contribution is -0.0538. The summed E-state index contributed by atoms with van der Waals surface area (Å²) >= 11 is -2.25. The molecule has 0 aromatic carbocycles. The number of rotatable bonds is 5. The van der Waals surface area contributed by atoms with Crippen LogP contribution < -0.4 is 4.72 Å². The van der Waals surface area contributed by atoms with E-state index >= 15 is 0 Å². The first-order valence-corrected chi connectivity index (χ1v) is 8.06. The predicted molar refractivity (Wildman–Crippen MR) is 76.4 cm³/mol. The van der Waals surface area contributed by atoms with E-state index in [0.717, 1.165) is 12.8 Å². The van der Waals surface area contributed by atoms with Crippen molar-refractivity contribution >= 4 is 17.2 Å². The Balaban J connectivity index is 2.28. The Labute approximate surface area is 125 Å². The van der Waals surface area contributed by atoms with Crippen LogP contribution >= 0.6 is 0 Å². The van der Waals surface area contributed by atoms with Gasteiger partial charge in [-0.1, -0.05) is 13.3 Å². The van der Waals surface area contributed by atoms with Crippen molar-refractivity contribution in [2.75, 3.05) is 4.72 Å². The lowest BCUT2D eigenvalue weighted by Gasteiger charge is -2.39. The molecule has 1 aliphatic rings. The largest absolute Gasteiger partial charge is 0.289 e. The number of alkyl halides is 2. The zero-order chi connectivity index (χ0) is 15.5. The quantitative estimate of drug-likeness (QED) is 0.817. The third kappa shape index (κ3) is 3.94. The number of nitrogens with one attached hydrogen (secondary N) is 1. The Bertz CT molecular complexity index is 518. The zero-order valence-corrected chi connectivity index (χ0v) is 12.6. The molecule has 1 aromatic rings. The van der Waals surface area contributed by atoms with E-state index in [1.807, 2.05) is 6.92 Å². The first-order valence-electron chi connectivity index (χ1n) is 6.96. The van der Waals surface area contributed by atoms with Gasteiger partial charge >= 0.3 is 0 Å². The van der Waals surface area contributed by atoms with Crippen molar-refractivity contribution in [2.24, 2.45) is 0 Å². The van der Waals surface area contributed by atoms with Crippen LogP contribution in [-0.4, -0.2) is 24.7 Å². The average molecular weight is 319 g/mol. The minimum Gasteiger partial charge on any atom is -0.289 e. The van der Waals surface area contributed by atoms with Gasteiger partial charge in [0.15, 0.2) is 0 Å². The number of hydrogen-bond donors (Lipinski definition) is 2. The molecule has 2 N–H and O–H groups in total. The second kappa shape index (κ2) is 6.31. The highest BCUT2D eigenvalue weighted by Gasteiger charge is 2.44. The highest BCUT2D eigenvalue weighted by molar-refractivity contribution is 7.80. The number of aromatic nitrogens is 2. The van der Waals surface area contributed by atoms with Gasteiger partial charge in [0.05, 0.1) is 5.69 Å². The fraction of sp³-hybridized carbons (Fsp3) is 0.692. The molecule has 0 saturated heterocycles. The molecule has 1 heterocycles. The van der Waals surface area contributed by atoms with Gasteiger partial charge in [0.25, 0.3) is 11.3 Å². The van der Waals surface area contributed by atoms with E-state index in [-0.39, 0.29) is 18.8 Å². The molecule has 5 nitrogen and oxygen atoms in total. The van der Waals surface area contributed by atoms with Crippen LogP contribution in [0.4, 0.5) is 14.7 Å². The smallest absolute Gasteiger partial charge is 0.261 e. The molecule has 1 saturated carbocycles. The molecule has 1 unspecified atom stereocenters. The third-order valence-corrected chi connectivity index (χ3v) is 4.40. The number of anilines is 1. The van der Waals surface area contributed by atoms with Gasteiger partial charge in [-0.15, -0.1) is 0 Å². The molecule has 21 heavy (non-hydrogen) atoms. The van der Waals surface area contributed by atoms with E-state index in [0.29, 0.717) is 18.5 Å². The molecule has 8 heteroatoms. The molecule has 1 atom stereocenters. The van der Waals surface area contributed by atoms with Crippen LogP contribution in [0, 0.1) is 0 Å². The molecule has 2 rings (SSSR count). The molecule has 1 fully saturated rings. The molecule has 1 aromatic heterocycles. The van der Waals surface area contributed by atoms with E-state index in [2.05, 4.69) is 14.7 Å². The van der Waals surface area contributed by atoms with E-state index in [1.165, 1.54) is 6.20 Å². The van der Waals surface area contributed by atoms with Crippen LogP contribution in [0.3, 0.4) is 0 Å². The van der Waals surface area contributed by atoms with Crippen LogP contribution in [0.1, 0.15) is 51.1 Å². The van der Waals surface area contributed by atoms with E-state index in [1.54, 1.807) is 6.07 Å². The fourth-order valence-corrected chi connectivity index (χ4v) is 3.24. The first kappa shape index (κ1) is 16.2. The standard InChI is InChI=1S/C13H19F2N3O2S/c1-2-4-12(5-7-13(14,15)8-6-12)10-3-9-16-11(17-10)18-21(19)20/h3,9H,2,4-8H2,1H3,(H,19,20)(H,16,17,18). The van der Waals surface area contributed by atoms with Gasteiger partial charge in [-0.25, -0.2) is 23.0 Å². The zero-order valence-electron chi connectivity index (χ0n) is 11.8. The third-order valence-electron chi connectivity index (χ3n) is 4.04. The topological polar surface area (TPSA) is 75.1 Å². The molecule has 0 radical (unpaired) electrons. The van der Waals surface area contributed by atoms with Crippen molar-refractivity contribution in [3.63, 3.8) is 0 Å². The Morgan fingerprint density at radius 3 is 2.62 bits per heavy atom. The highest BCUT2D eigenvalue weighted by Crippen LogP contribution is 2.47. The van der Waals surface area contributed by atoms with Crippen LogP contribution in [-0.2, 0) is 16.7 Å². The maximum Gasteiger partial charge on any atom is 0.261 e. The minimum absolute atomic E-state index is 0.0427. The molecule has 0 amide bonds. The number of nitrogens with zero attached hydrogens (tertiary/aromatic N) is 2. The molecule has 0 spiro atoms. The number of hydrogen-bond acceptors (Lipinski definition) is 3. The monoisotopic (exact) mass is 319 g/mol. The second-order valence-electron chi connectivity index (χ2n) is 5.50. The fourth-order valence-electron chi connectivity index (χ4n) is 2.99. The number of halogens is 2. The van der Waals surface area contributed by atoms with Gasteiger partial charge in [0.1, 0.15) is 0 Å². The lowest BCUT2D eigenvalue weighted by atomic mass is 9.68. The second-order valence-corrected chi connectivity index (χ2v) is 6.21. The normalized spacial score (nSPS) is 21.7. The molecule has 118 valence electrons. The van der Waals surface area contributed by atoms with Gasteiger partial charge in [0.2, 0.25) is 11.9 Å². The summed E-state index contributed by atoms with van der Waals surface area (Å²) in [5.74, 6) is -2.56. The molecule has 0 bridgehead atoms. The summed E-state index contributed by atoms with van der Waals surface area (Å²) in [4.78, 5) is 8.13. The molecular weight excluding hydrogens is 300 g/mol. The Hall–Kier alpha value is -1.15. The van der Waals surface area contributed by atoms with Crippen molar-refractivity contribution < 1.29 is 17.5 Å². The first-order chi connectivity index (χ1) is 9.87. The predicted octanol–water partition coefficient (Wildman–Crippen LogP) is 3.27. The van der Waals surface area contributed by atoms with Gasteiger partial charge < -0.3 is 0 Å². The summed E-state index contributed by atoms with van der Waals surface area (Å²) in [5, 5.41) is 0. The van der Waals surface area contributed by atoms with E-state index in [9.17, 15) is 13.0 Å². The average Bonchev–Trinajstić information content (AvgIpc) is 2.41. The van der Waals surface area contributed by atoms with Crippen molar-refractivity contribution in [1.82, 2.24) is 9.97 Å². The Kier molecular flexibility index (Phi) is 4.88. The van der Waals surface area contributed by atoms with Gasteiger partial charge in [-0.3, -0.25) is 9.27 Å². The summed E-state index contributed by atoms with van der Waals surface area (Å²) in [7, 11) is 0. The summed E-state index contributed by atoms with van der Waals surface area (Å²) < 4.78 is 48.7. The highest BCUT2D eigenvalue weighted by atomic mass is 32.2. The van der Waals surface area contributed by atoms with E-state index in [4.69, 9.17) is 4.55 Å². The summed E-state index contributed by atoms with van der Waals surface area (Å²) in [6, 6.07) is 1.71. The summed E-state index contributed by atoms with van der Waals surface area (Å²) in [6.45, 7) is 2.01. The van der Waals surface area contributed by atoms with Crippen molar-refractivity contribution in [1.29, 1.82) is 0 Å². The van der Waals surface area contributed by atoms with Crippen LogP contribution in [0.5, 0.6) is 0 Å². The molecule has 1 aliphatic carbocycles. The van der Waals surface area contributed by atoms with Gasteiger partial charge in [-0.2, -0.15) is 0 Å². The lowest BCUT2D eigenvalue weighted by Crippen LogP contribution is -2.37. The summed E-state index contributed by atoms with van der Waals surface area (Å²) in [6.07, 6.45) is 3.56. The van der Waals surface area contributed by atoms with Crippen LogP contribution in [0.25, 0.3) is 0 Å². The summed E-state index contributed by atoms with van der Waals surface area (Å²) in [5.41, 5.74) is 0.273. The molecule has 0 aliphatic heterocycles. The van der Waals surface area contributed by atoms with E-state index < -0.39 is 22.6 Å². The van der Waals surface area contributed by atoms with Crippen molar-refractivity contribution in [3.8, 4) is 0 Å². The van der Waals surface area contributed by atoms with Crippen LogP contribution in [0.15, 0.2) is 12.3 Å². The Morgan fingerprint density at radius 1 is 1.38 bits per heavy atom. The molecular formula is C13H19F2N3O2S. The van der Waals surface area contributed by atoms with Crippen molar-refractivity contribution in [2.45, 2.75) is 56.8 Å². The van der Waals surface area contributed by atoms with Crippen molar-refractivity contribution in [3.05, 3.63) is 18.0 Å². The maximum atomic E-state index is 13.4. The maximum absolute atomic E-state index is 13.4. The van der Waals surface area contributed by atoms with Gasteiger partial charge in [0, 0.05) is 24.5 Å². The van der Waals surface area contributed by atoms with Crippen LogP contribution in [0.2, 0.25) is 0 Å². The minimum atomic E-state index is -2.60. The van der Waals surface area contributed by atoms with Gasteiger partial charge in [-0.05, 0) is 25.3 Å². The SMILES string of the molecule is CCCC1(c2ccnc(NS(=O)O)n2)CCC(F)(F)CC1. The Morgan fingerprint density at radius 2 is 2.05 bits per heavy atom.